The Balaban J connectivity index is 1.68. The predicted octanol–water partition coefficient (Wildman–Crippen LogP) is 5.19. The van der Waals surface area contributed by atoms with Crippen LogP contribution in [0.4, 0.5) is 5.82 Å². The summed E-state index contributed by atoms with van der Waals surface area (Å²) in [5.41, 5.74) is 6.05. The number of amides is 1. The van der Waals surface area contributed by atoms with Crippen LogP contribution in [0, 0.1) is 13.8 Å². The Kier molecular flexibility index (Phi) is 4.94. The lowest BCUT2D eigenvalue weighted by Crippen LogP contribution is -2.14. The fourth-order valence-corrected chi connectivity index (χ4v) is 3.39. The van der Waals surface area contributed by atoms with E-state index in [0.29, 0.717) is 12.8 Å². The van der Waals surface area contributed by atoms with Crippen molar-refractivity contribution in [2.24, 2.45) is 0 Å². The first kappa shape index (κ1) is 18.0. The van der Waals surface area contributed by atoms with Gasteiger partial charge in [-0.15, -0.1) is 0 Å². The van der Waals surface area contributed by atoms with Gasteiger partial charge in [0.05, 0.1) is 0 Å². The molecule has 0 saturated carbocycles. The number of pyridine rings is 1. The van der Waals surface area contributed by atoms with Crippen LogP contribution >= 0.6 is 0 Å². The van der Waals surface area contributed by atoms with E-state index in [1.165, 1.54) is 0 Å². The Morgan fingerprint density at radius 3 is 2.50 bits per heavy atom. The number of benzene rings is 2. The zero-order valence-corrected chi connectivity index (χ0v) is 16.1. The molecule has 0 unspecified atom stereocenters. The smallest absolute Gasteiger partial charge is 0.225 e. The molecule has 0 radical (unpaired) electrons. The van der Waals surface area contributed by atoms with Gasteiger partial charge in [0.25, 0.3) is 0 Å². The minimum atomic E-state index is -0.0120. The number of rotatable bonds is 5. The molecule has 4 nitrogen and oxygen atoms in total. The third kappa shape index (κ3) is 3.67. The number of nitrogens with zero attached hydrogens (tertiary/aromatic N) is 2. The third-order valence-electron chi connectivity index (χ3n) is 4.91. The standard InChI is InChI=1S/C24H23N3O/c1-17-12-14-21-25-23(20-11-7-6-8-18(20)2)24(27(21)16-17)26-22(28)15-13-19-9-4-3-5-10-19/h3-12,14,16H,13,15H2,1-2H3,(H,26,28). The summed E-state index contributed by atoms with van der Waals surface area (Å²) in [4.78, 5) is 17.5. The highest BCUT2D eigenvalue weighted by Gasteiger charge is 2.17. The van der Waals surface area contributed by atoms with Gasteiger partial charge in [-0.05, 0) is 43.0 Å². The predicted molar refractivity (Wildman–Crippen MR) is 113 cm³/mol. The fraction of sp³-hybridized carbons (Fsp3) is 0.167. The maximum atomic E-state index is 12.7. The van der Waals surface area contributed by atoms with Crippen LogP contribution in [0.3, 0.4) is 0 Å². The van der Waals surface area contributed by atoms with Crippen molar-refractivity contribution in [2.75, 3.05) is 5.32 Å². The van der Waals surface area contributed by atoms with Crippen LogP contribution in [0.2, 0.25) is 0 Å². The van der Waals surface area contributed by atoms with E-state index in [0.717, 1.165) is 39.4 Å². The van der Waals surface area contributed by atoms with Crippen molar-refractivity contribution in [3.05, 3.63) is 89.6 Å². The summed E-state index contributed by atoms with van der Waals surface area (Å²) in [7, 11) is 0. The van der Waals surface area contributed by atoms with E-state index in [2.05, 4.69) is 18.3 Å². The Bertz CT molecular complexity index is 1130. The molecule has 2 aromatic carbocycles. The van der Waals surface area contributed by atoms with Gasteiger partial charge in [-0.3, -0.25) is 9.20 Å². The lowest BCUT2D eigenvalue weighted by atomic mass is 10.1. The number of aromatic nitrogens is 2. The number of carbonyl (C=O) groups excluding carboxylic acids is 1. The van der Waals surface area contributed by atoms with E-state index in [9.17, 15) is 4.79 Å². The van der Waals surface area contributed by atoms with Crippen LogP contribution in [0.15, 0.2) is 72.9 Å². The number of nitrogens with one attached hydrogen (secondary N) is 1. The third-order valence-corrected chi connectivity index (χ3v) is 4.91. The van der Waals surface area contributed by atoms with Gasteiger partial charge in [0, 0.05) is 18.2 Å². The zero-order chi connectivity index (χ0) is 19.5. The summed E-state index contributed by atoms with van der Waals surface area (Å²) in [6.45, 7) is 4.10. The first-order chi connectivity index (χ1) is 13.6. The molecular formula is C24H23N3O. The molecule has 4 heteroatoms. The molecule has 1 N–H and O–H groups in total. The second-order valence-corrected chi connectivity index (χ2v) is 7.09. The molecule has 0 aliphatic carbocycles. The quantitative estimate of drug-likeness (QED) is 0.526. The normalized spacial score (nSPS) is 10.9. The molecule has 140 valence electrons. The van der Waals surface area contributed by atoms with Crippen molar-refractivity contribution >= 4 is 17.4 Å². The number of hydrogen-bond donors (Lipinski definition) is 1. The van der Waals surface area contributed by atoms with Gasteiger partial charge in [-0.25, -0.2) is 4.98 Å². The minimum Gasteiger partial charge on any atom is -0.310 e. The largest absolute Gasteiger partial charge is 0.310 e. The van der Waals surface area contributed by atoms with E-state index < -0.39 is 0 Å². The first-order valence-electron chi connectivity index (χ1n) is 9.50. The Morgan fingerprint density at radius 2 is 1.71 bits per heavy atom. The highest BCUT2D eigenvalue weighted by molar-refractivity contribution is 5.95. The lowest BCUT2D eigenvalue weighted by Gasteiger charge is -2.10. The van der Waals surface area contributed by atoms with E-state index in [1.807, 2.05) is 78.2 Å². The van der Waals surface area contributed by atoms with Crippen molar-refractivity contribution < 1.29 is 4.79 Å². The second kappa shape index (κ2) is 7.69. The van der Waals surface area contributed by atoms with Gasteiger partial charge in [-0.1, -0.05) is 60.7 Å². The van der Waals surface area contributed by atoms with Crippen LogP contribution < -0.4 is 5.32 Å². The summed E-state index contributed by atoms with van der Waals surface area (Å²) in [5.74, 6) is 0.716. The molecule has 0 spiro atoms. The van der Waals surface area contributed by atoms with E-state index in [-0.39, 0.29) is 5.91 Å². The zero-order valence-electron chi connectivity index (χ0n) is 16.1. The molecule has 0 bridgehead atoms. The topological polar surface area (TPSA) is 46.4 Å². The maximum absolute atomic E-state index is 12.7. The monoisotopic (exact) mass is 369 g/mol. The van der Waals surface area contributed by atoms with Crippen LogP contribution in [0.1, 0.15) is 23.1 Å². The number of imidazole rings is 1. The molecule has 4 aromatic rings. The van der Waals surface area contributed by atoms with E-state index in [4.69, 9.17) is 4.98 Å². The summed E-state index contributed by atoms with van der Waals surface area (Å²) in [6.07, 6.45) is 3.15. The number of aryl methyl sites for hydroxylation is 3. The number of anilines is 1. The number of fused-ring (bicyclic) bond motifs is 1. The van der Waals surface area contributed by atoms with Gasteiger partial charge < -0.3 is 5.32 Å². The second-order valence-electron chi connectivity index (χ2n) is 7.09. The molecular weight excluding hydrogens is 346 g/mol. The number of hydrogen-bond acceptors (Lipinski definition) is 2. The molecule has 0 fully saturated rings. The molecule has 1 amide bonds. The molecule has 28 heavy (non-hydrogen) atoms. The van der Waals surface area contributed by atoms with Crippen LogP contribution in [-0.2, 0) is 11.2 Å². The number of carbonyl (C=O) groups is 1. The lowest BCUT2D eigenvalue weighted by molar-refractivity contribution is -0.116. The van der Waals surface area contributed by atoms with Crippen LogP contribution in [0.5, 0.6) is 0 Å². The highest BCUT2D eigenvalue weighted by Crippen LogP contribution is 2.31. The van der Waals surface area contributed by atoms with Gasteiger partial charge in [0.2, 0.25) is 5.91 Å². The summed E-state index contributed by atoms with van der Waals surface area (Å²) in [5, 5.41) is 3.12. The van der Waals surface area contributed by atoms with Crippen molar-refractivity contribution in [1.29, 1.82) is 0 Å². The van der Waals surface area contributed by atoms with Crippen LogP contribution in [-0.4, -0.2) is 15.3 Å². The first-order valence-corrected chi connectivity index (χ1v) is 9.50. The summed E-state index contributed by atoms with van der Waals surface area (Å²) < 4.78 is 1.97. The Hall–Kier alpha value is -3.40. The van der Waals surface area contributed by atoms with Gasteiger partial charge >= 0.3 is 0 Å². The van der Waals surface area contributed by atoms with Crippen molar-refractivity contribution in [3.63, 3.8) is 0 Å². The molecule has 0 aliphatic heterocycles. The fourth-order valence-electron chi connectivity index (χ4n) is 3.39. The minimum absolute atomic E-state index is 0.0120. The molecule has 2 heterocycles. The average molecular weight is 369 g/mol. The molecule has 4 rings (SSSR count). The Labute approximate surface area is 164 Å². The maximum Gasteiger partial charge on any atom is 0.225 e. The van der Waals surface area contributed by atoms with Crippen molar-refractivity contribution in [1.82, 2.24) is 9.38 Å². The Morgan fingerprint density at radius 1 is 0.964 bits per heavy atom. The van der Waals surface area contributed by atoms with Crippen LogP contribution in [0.25, 0.3) is 16.9 Å². The van der Waals surface area contributed by atoms with Gasteiger partial charge in [-0.2, -0.15) is 0 Å². The van der Waals surface area contributed by atoms with Gasteiger partial charge in [0.15, 0.2) is 0 Å². The van der Waals surface area contributed by atoms with E-state index >= 15 is 0 Å². The average Bonchev–Trinajstić information content (AvgIpc) is 3.05. The van der Waals surface area contributed by atoms with Crippen molar-refractivity contribution in [2.45, 2.75) is 26.7 Å². The highest BCUT2D eigenvalue weighted by atomic mass is 16.1. The molecule has 0 saturated heterocycles. The molecule has 0 aliphatic rings. The summed E-state index contributed by atoms with van der Waals surface area (Å²) in [6, 6.07) is 22.2. The molecule has 2 aromatic heterocycles. The molecule has 0 atom stereocenters. The SMILES string of the molecule is Cc1ccc2nc(-c3ccccc3C)c(NC(=O)CCc3ccccc3)n2c1. The summed E-state index contributed by atoms with van der Waals surface area (Å²) >= 11 is 0. The van der Waals surface area contributed by atoms with Gasteiger partial charge in [0.1, 0.15) is 17.2 Å². The van der Waals surface area contributed by atoms with Crippen molar-refractivity contribution in [3.8, 4) is 11.3 Å². The van der Waals surface area contributed by atoms with E-state index in [1.54, 1.807) is 0 Å².